The van der Waals surface area contributed by atoms with Crippen LogP contribution >= 0.6 is 24.4 Å². The van der Waals surface area contributed by atoms with Crippen LogP contribution in [-0.2, 0) is 10.2 Å². The van der Waals surface area contributed by atoms with Gasteiger partial charge in [0.15, 0.2) is 0 Å². The molecular formula is C13H15NOS2. The Morgan fingerprint density at radius 3 is 2.53 bits per heavy atom. The van der Waals surface area contributed by atoms with Gasteiger partial charge in [-0.1, -0.05) is 49.5 Å². The summed E-state index contributed by atoms with van der Waals surface area (Å²) in [6.45, 7) is 2.67. The lowest BCUT2D eigenvalue weighted by molar-refractivity contribution is 0.196. The number of thiocarbonyl (C=S) groups is 2. The molecule has 90 valence electrons. The highest BCUT2D eigenvalue weighted by molar-refractivity contribution is 7.81. The van der Waals surface area contributed by atoms with E-state index in [1.54, 1.807) is 4.90 Å². The average Bonchev–Trinajstić information content (AvgIpc) is 2.38. The van der Waals surface area contributed by atoms with Crippen molar-refractivity contribution in [3.05, 3.63) is 35.9 Å². The first kappa shape index (κ1) is 12.5. The average molecular weight is 265 g/mol. The zero-order valence-corrected chi connectivity index (χ0v) is 11.6. The summed E-state index contributed by atoms with van der Waals surface area (Å²) in [7, 11) is 1.87. The van der Waals surface area contributed by atoms with Crippen LogP contribution < -0.4 is 0 Å². The van der Waals surface area contributed by atoms with Crippen molar-refractivity contribution in [2.24, 2.45) is 0 Å². The number of hydrogen-bond acceptors (Lipinski definition) is 3. The Kier molecular flexibility index (Phi) is 3.45. The fourth-order valence-electron chi connectivity index (χ4n) is 2.17. The third kappa shape index (κ3) is 1.96. The first-order valence-electron chi connectivity index (χ1n) is 5.62. The van der Waals surface area contributed by atoms with Crippen molar-refractivity contribution < 1.29 is 4.74 Å². The Morgan fingerprint density at radius 2 is 1.94 bits per heavy atom. The molecule has 1 fully saturated rings. The first-order valence-corrected chi connectivity index (χ1v) is 6.44. The molecule has 0 aliphatic carbocycles. The van der Waals surface area contributed by atoms with E-state index in [0.29, 0.717) is 11.8 Å². The minimum atomic E-state index is -0.229. The molecule has 17 heavy (non-hydrogen) atoms. The standard InChI is InChI=1S/C13H15NOS2/c1-3-13(10-7-5-4-6-8-10)9-15-12(17)14(2)11(13)16/h4-8H,3,9H2,1-2H3. The van der Waals surface area contributed by atoms with E-state index in [4.69, 9.17) is 29.2 Å². The van der Waals surface area contributed by atoms with Gasteiger partial charge >= 0.3 is 0 Å². The molecule has 1 aromatic rings. The number of hydrogen-bond donors (Lipinski definition) is 0. The molecule has 4 heteroatoms. The summed E-state index contributed by atoms with van der Waals surface area (Å²) < 4.78 is 5.59. The monoisotopic (exact) mass is 265 g/mol. The molecule has 2 rings (SSSR count). The van der Waals surface area contributed by atoms with Gasteiger partial charge in [-0.2, -0.15) is 0 Å². The molecular weight excluding hydrogens is 250 g/mol. The van der Waals surface area contributed by atoms with Crippen molar-refractivity contribution in [3.8, 4) is 0 Å². The van der Waals surface area contributed by atoms with Crippen LogP contribution in [0.25, 0.3) is 0 Å². The fraction of sp³-hybridized carbons (Fsp3) is 0.385. The van der Waals surface area contributed by atoms with Crippen LogP contribution in [0, 0.1) is 0 Å². The summed E-state index contributed by atoms with van der Waals surface area (Å²) in [5.41, 5.74) is 0.968. The van der Waals surface area contributed by atoms with Crippen molar-refractivity contribution in [1.82, 2.24) is 4.90 Å². The van der Waals surface area contributed by atoms with E-state index in [2.05, 4.69) is 19.1 Å². The molecule has 0 N–H and O–H groups in total. The molecule has 1 atom stereocenters. The van der Waals surface area contributed by atoms with Crippen LogP contribution in [0.15, 0.2) is 30.3 Å². The molecule has 1 saturated heterocycles. The van der Waals surface area contributed by atoms with Gasteiger partial charge in [0.2, 0.25) is 0 Å². The van der Waals surface area contributed by atoms with Gasteiger partial charge in [0.1, 0.15) is 6.61 Å². The highest BCUT2D eigenvalue weighted by atomic mass is 32.1. The molecule has 0 saturated carbocycles. The maximum Gasteiger partial charge on any atom is 0.264 e. The molecule has 0 bridgehead atoms. The SMILES string of the molecule is CCC1(c2ccccc2)COC(=S)N(C)C1=S. The molecule has 0 spiro atoms. The van der Waals surface area contributed by atoms with Gasteiger partial charge in [0.05, 0.1) is 10.4 Å². The number of rotatable bonds is 2. The zero-order chi connectivity index (χ0) is 12.5. The van der Waals surface area contributed by atoms with Crippen LogP contribution in [0.1, 0.15) is 18.9 Å². The minimum Gasteiger partial charge on any atom is -0.469 e. The van der Waals surface area contributed by atoms with Gasteiger partial charge < -0.3 is 4.74 Å². The van der Waals surface area contributed by atoms with E-state index in [9.17, 15) is 0 Å². The topological polar surface area (TPSA) is 12.5 Å². The van der Waals surface area contributed by atoms with Crippen LogP contribution in [0.3, 0.4) is 0 Å². The molecule has 1 unspecified atom stereocenters. The predicted octanol–water partition coefficient (Wildman–Crippen LogP) is 2.91. The maximum absolute atomic E-state index is 5.59. The molecule has 0 radical (unpaired) electrons. The van der Waals surface area contributed by atoms with Crippen molar-refractivity contribution >= 4 is 34.6 Å². The second-order valence-corrected chi connectivity index (χ2v) is 4.96. The second-order valence-electron chi connectivity index (χ2n) is 4.22. The maximum atomic E-state index is 5.59. The van der Waals surface area contributed by atoms with E-state index in [1.165, 1.54) is 5.56 Å². The lowest BCUT2D eigenvalue weighted by atomic mass is 9.77. The zero-order valence-electron chi connectivity index (χ0n) is 9.97. The first-order chi connectivity index (χ1) is 8.12. The highest BCUT2D eigenvalue weighted by Crippen LogP contribution is 2.34. The van der Waals surface area contributed by atoms with Crippen LogP contribution in [0.2, 0.25) is 0 Å². The Hall–Kier alpha value is -1.000. The van der Waals surface area contributed by atoms with Crippen molar-refractivity contribution in [3.63, 3.8) is 0 Å². The largest absolute Gasteiger partial charge is 0.469 e. The van der Waals surface area contributed by atoms with E-state index in [-0.39, 0.29) is 5.41 Å². The number of nitrogens with zero attached hydrogens (tertiary/aromatic N) is 1. The quantitative estimate of drug-likeness (QED) is 0.762. The van der Waals surface area contributed by atoms with Crippen LogP contribution in [0.5, 0.6) is 0 Å². The Labute approximate surface area is 113 Å². The summed E-state index contributed by atoms with van der Waals surface area (Å²) in [6, 6.07) is 10.3. The summed E-state index contributed by atoms with van der Waals surface area (Å²) >= 11 is 10.7. The molecule has 2 nitrogen and oxygen atoms in total. The van der Waals surface area contributed by atoms with E-state index in [1.807, 2.05) is 25.2 Å². The fourth-order valence-corrected chi connectivity index (χ4v) is 2.78. The normalized spacial score (nSPS) is 24.7. The Bertz CT molecular complexity index is 446. The molecule has 0 amide bonds. The van der Waals surface area contributed by atoms with Crippen LogP contribution in [0.4, 0.5) is 0 Å². The van der Waals surface area contributed by atoms with Gasteiger partial charge in [-0.25, -0.2) is 0 Å². The smallest absolute Gasteiger partial charge is 0.264 e. The van der Waals surface area contributed by atoms with Gasteiger partial charge in [0.25, 0.3) is 5.17 Å². The van der Waals surface area contributed by atoms with Crippen molar-refractivity contribution in [2.75, 3.05) is 13.7 Å². The summed E-state index contributed by atoms with van der Waals surface area (Å²) in [5.74, 6) is 0. The lowest BCUT2D eigenvalue weighted by Gasteiger charge is -2.42. The second kappa shape index (κ2) is 4.70. The molecule has 1 aliphatic heterocycles. The molecule has 1 heterocycles. The van der Waals surface area contributed by atoms with Gasteiger partial charge in [-0.3, -0.25) is 4.90 Å². The van der Waals surface area contributed by atoms with Gasteiger partial charge in [-0.15, -0.1) is 0 Å². The van der Waals surface area contributed by atoms with Crippen molar-refractivity contribution in [1.29, 1.82) is 0 Å². The Morgan fingerprint density at radius 1 is 1.29 bits per heavy atom. The molecule has 1 aliphatic rings. The highest BCUT2D eigenvalue weighted by Gasteiger charge is 2.42. The Balaban J connectivity index is 2.45. The van der Waals surface area contributed by atoms with Crippen LogP contribution in [-0.4, -0.2) is 28.7 Å². The summed E-state index contributed by atoms with van der Waals surface area (Å²) in [5, 5.41) is 0.468. The van der Waals surface area contributed by atoms with E-state index < -0.39 is 0 Å². The third-order valence-electron chi connectivity index (χ3n) is 3.36. The van der Waals surface area contributed by atoms with Gasteiger partial charge in [-0.05, 0) is 24.2 Å². The summed E-state index contributed by atoms with van der Waals surface area (Å²) in [6.07, 6.45) is 0.906. The number of benzene rings is 1. The van der Waals surface area contributed by atoms with E-state index >= 15 is 0 Å². The van der Waals surface area contributed by atoms with E-state index in [0.717, 1.165) is 11.4 Å². The number of ether oxygens (including phenoxy) is 1. The summed E-state index contributed by atoms with van der Waals surface area (Å²) in [4.78, 5) is 2.65. The number of likely N-dealkylation sites (N-methyl/N-ethyl adjacent to an activating group) is 1. The van der Waals surface area contributed by atoms with Crippen molar-refractivity contribution in [2.45, 2.75) is 18.8 Å². The third-order valence-corrected chi connectivity index (χ3v) is 4.42. The minimum absolute atomic E-state index is 0.229. The predicted molar refractivity (Wildman–Crippen MR) is 77.3 cm³/mol. The molecule has 1 aromatic carbocycles. The lowest BCUT2D eigenvalue weighted by Crippen LogP contribution is -2.54. The molecule has 0 aromatic heterocycles. The van der Waals surface area contributed by atoms with Gasteiger partial charge in [0, 0.05) is 7.05 Å².